The zero-order valence-electron chi connectivity index (χ0n) is 25.9. The van der Waals surface area contributed by atoms with Crippen molar-refractivity contribution in [3.63, 3.8) is 0 Å². The van der Waals surface area contributed by atoms with E-state index < -0.39 is 24.4 Å². The van der Waals surface area contributed by atoms with Crippen LogP contribution in [0.25, 0.3) is 22.3 Å². The van der Waals surface area contributed by atoms with Gasteiger partial charge in [-0.1, -0.05) is 72.8 Å². The number of nitrogens with one attached hydrogen (secondary N) is 1. The molecule has 2 aliphatic rings. The van der Waals surface area contributed by atoms with E-state index in [1.165, 1.54) is 16.8 Å². The highest BCUT2D eigenvalue weighted by Gasteiger charge is 2.46. The molecule has 6 nitrogen and oxygen atoms in total. The fourth-order valence-corrected chi connectivity index (χ4v) is 6.67. The standard InChI is InChI=1S/C37H38F3N3O3/c1-45-30-17-18-34-32(25-30)31-11-5-6-12-33(31)36(34,46-35(44)41-26-37(38,39)40)19-7-8-20-42-21-23-43(24-22-42)29-15-13-28(14-16-29)27-9-3-2-4-10-27/h2-6,9-18,25H,7-8,19-24,26H2,1H3,(H,41,44). The summed E-state index contributed by atoms with van der Waals surface area (Å²) in [5.41, 5.74) is 5.68. The number of alkyl carbamates (subject to hydrolysis) is 1. The molecule has 0 saturated carbocycles. The molecule has 46 heavy (non-hydrogen) atoms. The zero-order chi connectivity index (χ0) is 32.1. The molecule has 1 aliphatic carbocycles. The highest BCUT2D eigenvalue weighted by molar-refractivity contribution is 5.83. The summed E-state index contributed by atoms with van der Waals surface area (Å²) in [6.07, 6.45) is -3.62. The Kier molecular flexibility index (Phi) is 9.22. The van der Waals surface area contributed by atoms with E-state index in [1.54, 1.807) is 13.2 Å². The van der Waals surface area contributed by atoms with Crippen molar-refractivity contribution in [1.82, 2.24) is 10.2 Å². The molecule has 4 aromatic carbocycles. The van der Waals surface area contributed by atoms with E-state index >= 15 is 0 Å². The van der Waals surface area contributed by atoms with Gasteiger partial charge in [-0.3, -0.25) is 4.90 Å². The number of piperazine rings is 1. The minimum atomic E-state index is -4.54. The lowest BCUT2D eigenvalue weighted by Gasteiger charge is -2.36. The molecule has 1 N–H and O–H groups in total. The quantitative estimate of drug-likeness (QED) is 0.181. The molecule has 0 spiro atoms. The summed E-state index contributed by atoms with van der Waals surface area (Å²) in [5, 5.41) is 1.91. The molecule has 0 bridgehead atoms. The number of nitrogens with zero attached hydrogens (tertiary/aromatic N) is 2. The zero-order valence-corrected chi connectivity index (χ0v) is 25.9. The Bertz CT molecular complexity index is 1640. The molecule has 9 heteroatoms. The van der Waals surface area contributed by atoms with E-state index in [9.17, 15) is 18.0 Å². The second kappa shape index (κ2) is 13.5. The van der Waals surface area contributed by atoms with Gasteiger partial charge >= 0.3 is 12.3 Å². The number of hydrogen-bond acceptors (Lipinski definition) is 5. The largest absolute Gasteiger partial charge is 0.497 e. The van der Waals surface area contributed by atoms with Crippen molar-refractivity contribution in [2.45, 2.75) is 31.0 Å². The fraction of sp³-hybridized carbons (Fsp3) is 0.324. The molecule has 6 rings (SSSR count). The molecule has 0 radical (unpaired) electrons. The van der Waals surface area contributed by atoms with Crippen molar-refractivity contribution in [1.29, 1.82) is 0 Å². The number of methoxy groups -OCH3 is 1. The average Bonchev–Trinajstić information content (AvgIpc) is 3.35. The van der Waals surface area contributed by atoms with Crippen LogP contribution >= 0.6 is 0 Å². The van der Waals surface area contributed by atoms with Crippen LogP contribution < -0.4 is 15.0 Å². The summed E-state index contributed by atoms with van der Waals surface area (Å²) in [5.74, 6) is 0.650. The van der Waals surface area contributed by atoms with Crippen LogP contribution in [0.5, 0.6) is 5.75 Å². The van der Waals surface area contributed by atoms with E-state index in [2.05, 4.69) is 46.2 Å². The van der Waals surface area contributed by atoms with Gasteiger partial charge in [0.05, 0.1) is 7.11 Å². The second-order valence-corrected chi connectivity index (χ2v) is 11.8. The van der Waals surface area contributed by atoms with Crippen molar-refractivity contribution in [2.75, 3.05) is 51.3 Å². The topological polar surface area (TPSA) is 54.0 Å². The van der Waals surface area contributed by atoms with E-state index in [0.29, 0.717) is 18.6 Å². The van der Waals surface area contributed by atoms with E-state index in [1.807, 2.05) is 59.9 Å². The van der Waals surface area contributed by atoms with Gasteiger partial charge in [0.2, 0.25) is 0 Å². The predicted octanol–water partition coefficient (Wildman–Crippen LogP) is 7.87. The number of fused-ring (bicyclic) bond motifs is 3. The average molecular weight is 630 g/mol. The molecule has 1 fully saturated rings. The number of carbonyl (C=O) groups is 1. The molecule has 1 heterocycles. The summed E-state index contributed by atoms with van der Waals surface area (Å²) in [6.45, 7) is 3.16. The molecule has 1 amide bonds. The van der Waals surface area contributed by atoms with Crippen molar-refractivity contribution in [3.05, 3.63) is 108 Å². The number of benzene rings is 4. The number of halogens is 3. The summed E-state index contributed by atoms with van der Waals surface area (Å²) >= 11 is 0. The Balaban J connectivity index is 1.10. The van der Waals surface area contributed by atoms with Crippen molar-refractivity contribution < 1.29 is 27.4 Å². The third-order valence-electron chi connectivity index (χ3n) is 8.98. The molecular formula is C37H38F3N3O3. The minimum Gasteiger partial charge on any atom is -0.497 e. The van der Waals surface area contributed by atoms with Gasteiger partial charge in [0.1, 0.15) is 12.3 Å². The Morgan fingerprint density at radius 3 is 2.20 bits per heavy atom. The Hall–Kier alpha value is -4.50. The van der Waals surface area contributed by atoms with Crippen molar-refractivity contribution in [2.24, 2.45) is 0 Å². The predicted molar refractivity (Wildman–Crippen MR) is 174 cm³/mol. The van der Waals surface area contributed by atoms with Gasteiger partial charge in [-0.15, -0.1) is 0 Å². The van der Waals surface area contributed by atoms with Crippen LogP contribution in [0.4, 0.5) is 23.7 Å². The monoisotopic (exact) mass is 629 g/mol. The third-order valence-corrected chi connectivity index (χ3v) is 8.98. The lowest BCUT2D eigenvalue weighted by molar-refractivity contribution is -0.124. The third kappa shape index (κ3) is 6.84. The van der Waals surface area contributed by atoms with Gasteiger partial charge in [-0.25, -0.2) is 4.79 Å². The van der Waals surface area contributed by atoms with Crippen LogP contribution in [-0.2, 0) is 10.3 Å². The maximum absolute atomic E-state index is 12.9. The fourth-order valence-electron chi connectivity index (χ4n) is 6.67. The lowest BCUT2D eigenvalue weighted by atomic mass is 9.86. The van der Waals surface area contributed by atoms with Crippen LogP contribution in [0.15, 0.2) is 97.1 Å². The first-order valence-corrected chi connectivity index (χ1v) is 15.7. The first-order chi connectivity index (χ1) is 22.3. The number of anilines is 1. The van der Waals surface area contributed by atoms with Crippen LogP contribution in [0.2, 0.25) is 0 Å². The van der Waals surface area contributed by atoms with E-state index in [-0.39, 0.29) is 0 Å². The highest BCUT2D eigenvalue weighted by atomic mass is 19.4. The molecule has 1 saturated heterocycles. The first kappa shape index (κ1) is 31.5. The van der Waals surface area contributed by atoms with Gasteiger partial charge in [0.25, 0.3) is 0 Å². The first-order valence-electron chi connectivity index (χ1n) is 15.7. The summed E-state index contributed by atoms with van der Waals surface area (Å²) in [6, 6.07) is 32.2. The van der Waals surface area contributed by atoms with Crippen molar-refractivity contribution in [3.8, 4) is 28.0 Å². The maximum Gasteiger partial charge on any atom is 0.408 e. The van der Waals surface area contributed by atoms with Crippen LogP contribution in [0, 0.1) is 0 Å². The number of rotatable bonds is 10. The molecule has 1 unspecified atom stereocenters. The Labute approximate surface area is 267 Å². The number of unbranched alkanes of at least 4 members (excludes halogenated alkanes) is 1. The minimum absolute atomic E-state index is 0.441. The van der Waals surface area contributed by atoms with Gasteiger partial charge in [0.15, 0.2) is 5.60 Å². The second-order valence-electron chi connectivity index (χ2n) is 11.8. The number of hydrogen-bond donors (Lipinski definition) is 1. The highest BCUT2D eigenvalue weighted by Crippen LogP contribution is 2.53. The van der Waals surface area contributed by atoms with Gasteiger partial charge in [0, 0.05) is 43.0 Å². The Morgan fingerprint density at radius 1 is 0.804 bits per heavy atom. The molecule has 240 valence electrons. The Morgan fingerprint density at radius 2 is 1.48 bits per heavy atom. The van der Waals surface area contributed by atoms with Gasteiger partial charge < -0.3 is 19.7 Å². The normalized spacial score (nSPS) is 17.7. The SMILES string of the molecule is COc1ccc2c(c1)-c1ccccc1C2(CCCCN1CCN(c2ccc(-c3ccccc3)cc2)CC1)OC(=O)NCC(F)(F)F. The molecule has 1 aliphatic heterocycles. The van der Waals surface area contributed by atoms with Gasteiger partial charge in [-0.05, 0) is 72.3 Å². The van der Waals surface area contributed by atoms with Crippen LogP contribution in [-0.4, -0.2) is 63.5 Å². The summed E-state index contributed by atoms with van der Waals surface area (Å²) < 4.78 is 50.2. The smallest absolute Gasteiger partial charge is 0.408 e. The molecular weight excluding hydrogens is 591 g/mol. The van der Waals surface area contributed by atoms with Crippen molar-refractivity contribution >= 4 is 11.8 Å². The van der Waals surface area contributed by atoms with E-state index in [0.717, 1.165) is 61.4 Å². The molecule has 4 aromatic rings. The maximum atomic E-state index is 12.9. The van der Waals surface area contributed by atoms with Crippen LogP contribution in [0.1, 0.15) is 30.4 Å². The lowest BCUT2D eigenvalue weighted by Crippen LogP contribution is -2.46. The number of ether oxygens (including phenoxy) is 2. The summed E-state index contributed by atoms with van der Waals surface area (Å²) in [7, 11) is 1.58. The number of carbonyl (C=O) groups excluding carboxylic acids is 1. The van der Waals surface area contributed by atoms with Gasteiger partial charge in [-0.2, -0.15) is 13.2 Å². The number of amides is 1. The van der Waals surface area contributed by atoms with E-state index in [4.69, 9.17) is 9.47 Å². The molecule has 1 atom stereocenters. The summed E-state index contributed by atoms with van der Waals surface area (Å²) in [4.78, 5) is 17.7. The number of alkyl halides is 3. The molecule has 0 aromatic heterocycles. The van der Waals surface area contributed by atoms with Crippen LogP contribution in [0.3, 0.4) is 0 Å².